The summed E-state index contributed by atoms with van der Waals surface area (Å²) >= 11 is 0. The molecule has 4 atom stereocenters. The van der Waals surface area contributed by atoms with E-state index in [1.807, 2.05) is 13.0 Å². The van der Waals surface area contributed by atoms with E-state index in [1.165, 1.54) is 5.56 Å². The number of anilines is 1. The minimum atomic E-state index is -0.823. The molecule has 0 saturated carbocycles. The van der Waals surface area contributed by atoms with Crippen LogP contribution < -0.4 is 5.32 Å². The molecule has 2 heterocycles. The molecule has 1 aromatic carbocycles. The highest BCUT2D eigenvalue weighted by atomic mass is 16.5. The molecule has 0 radical (unpaired) electrons. The van der Waals surface area contributed by atoms with Gasteiger partial charge in [0, 0.05) is 5.69 Å². The molecule has 27 heavy (non-hydrogen) atoms. The average molecular weight is 370 g/mol. The third kappa shape index (κ3) is 4.64. The maximum atomic E-state index is 10.9. The molecule has 2 bridgehead atoms. The van der Waals surface area contributed by atoms with Gasteiger partial charge in [0.1, 0.15) is 0 Å². The van der Waals surface area contributed by atoms with Gasteiger partial charge in [0.25, 0.3) is 0 Å². The molecule has 2 N–H and O–H groups in total. The van der Waals surface area contributed by atoms with Crippen LogP contribution in [0.15, 0.2) is 49.1 Å². The first-order valence-corrected chi connectivity index (χ1v) is 10.2. The maximum Gasteiger partial charge on any atom is 0.0914 e. The zero-order valence-electron chi connectivity index (χ0n) is 17.3. The van der Waals surface area contributed by atoms with E-state index in [2.05, 4.69) is 69.1 Å². The fraction of sp³-hybridized carbons (Fsp3) is 0.583. The highest BCUT2D eigenvalue weighted by Crippen LogP contribution is 2.44. The summed E-state index contributed by atoms with van der Waals surface area (Å²) in [5, 5.41) is 14.7. The van der Waals surface area contributed by atoms with Gasteiger partial charge in [0.05, 0.1) is 23.3 Å². The molecule has 0 aliphatic carbocycles. The second-order valence-corrected chi connectivity index (χ2v) is 9.50. The predicted molar refractivity (Wildman–Crippen MR) is 113 cm³/mol. The average Bonchev–Trinajstić information content (AvgIpc) is 2.98. The molecule has 3 nitrogen and oxygen atoms in total. The fourth-order valence-electron chi connectivity index (χ4n) is 4.47. The number of allylic oxidation sites excluding steroid dienone is 2. The molecule has 3 rings (SSSR count). The predicted octanol–water partition coefficient (Wildman–Crippen LogP) is 5.26. The van der Waals surface area contributed by atoms with E-state index in [0.717, 1.165) is 31.4 Å². The number of hydrogen-bond donors (Lipinski definition) is 2. The SMILES string of the molecule is C=CCc1cccc(N[C@H]2CC(C)(C)/C=C/C[C@@](C)(O)C3CC[C@]2(C)O3)c1. The summed E-state index contributed by atoms with van der Waals surface area (Å²) in [4.78, 5) is 0. The van der Waals surface area contributed by atoms with E-state index in [4.69, 9.17) is 4.74 Å². The minimum Gasteiger partial charge on any atom is -0.387 e. The Morgan fingerprint density at radius 1 is 1.30 bits per heavy atom. The van der Waals surface area contributed by atoms with Crippen molar-refractivity contribution in [3.8, 4) is 0 Å². The highest BCUT2D eigenvalue weighted by Gasteiger charge is 2.49. The van der Waals surface area contributed by atoms with Crippen LogP contribution >= 0.6 is 0 Å². The smallest absolute Gasteiger partial charge is 0.0914 e. The van der Waals surface area contributed by atoms with Gasteiger partial charge in [-0.2, -0.15) is 0 Å². The molecule has 2 aliphatic heterocycles. The first-order chi connectivity index (χ1) is 12.6. The van der Waals surface area contributed by atoms with Crippen LogP contribution in [0.3, 0.4) is 0 Å². The lowest BCUT2D eigenvalue weighted by atomic mass is 9.78. The van der Waals surface area contributed by atoms with Crippen LogP contribution in [-0.4, -0.2) is 28.5 Å². The molecule has 1 unspecified atom stereocenters. The van der Waals surface area contributed by atoms with Gasteiger partial charge in [-0.1, -0.05) is 44.2 Å². The van der Waals surface area contributed by atoms with Crippen LogP contribution in [0.2, 0.25) is 0 Å². The summed E-state index contributed by atoms with van der Waals surface area (Å²) < 4.78 is 6.53. The molecule has 1 fully saturated rings. The van der Waals surface area contributed by atoms with Gasteiger partial charge < -0.3 is 15.2 Å². The topological polar surface area (TPSA) is 41.5 Å². The van der Waals surface area contributed by atoms with Crippen LogP contribution in [0, 0.1) is 5.41 Å². The van der Waals surface area contributed by atoms with Gasteiger partial charge in [0.2, 0.25) is 0 Å². The van der Waals surface area contributed by atoms with Crippen molar-refractivity contribution in [3.05, 3.63) is 54.6 Å². The Morgan fingerprint density at radius 3 is 2.81 bits per heavy atom. The van der Waals surface area contributed by atoms with Gasteiger partial charge in [0.15, 0.2) is 0 Å². The second-order valence-electron chi connectivity index (χ2n) is 9.50. The lowest BCUT2D eigenvalue weighted by Gasteiger charge is -2.41. The van der Waals surface area contributed by atoms with Crippen molar-refractivity contribution in [2.75, 3.05) is 5.32 Å². The van der Waals surface area contributed by atoms with Crippen LogP contribution in [-0.2, 0) is 11.2 Å². The summed E-state index contributed by atoms with van der Waals surface area (Å²) in [6.45, 7) is 12.5. The van der Waals surface area contributed by atoms with Crippen molar-refractivity contribution in [3.63, 3.8) is 0 Å². The summed E-state index contributed by atoms with van der Waals surface area (Å²) in [6.07, 6.45) is 10.5. The third-order valence-electron chi connectivity index (χ3n) is 6.22. The highest BCUT2D eigenvalue weighted by molar-refractivity contribution is 5.47. The summed E-state index contributed by atoms with van der Waals surface area (Å²) in [5.74, 6) is 0. The van der Waals surface area contributed by atoms with E-state index in [0.29, 0.717) is 6.42 Å². The number of fused-ring (bicyclic) bond motifs is 2. The quantitative estimate of drug-likeness (QED) is 0.711. The zero-order chi connectivity index (χ0) is 19.7. The van der Waals surface area contributed by atoms with Crippen molar-refractivity contribution in [2.24, 2.45) is 5.41 Å². The Morgan fingerprint density at radius 2 is 2.07 bits per heavy atom. The second kappa shape index (κ2) is 7.44. The van der Waals surface area contributed by atoms with E-state index in [-0.39, 0.29) is 23.2 Å². The van der Waals surface area contributed by atoms with Crippen molar-refractivity contribution in [1.82, 2.24) is 0 Å². The largest absolute Gasteiger partial charge is 0.387 e. The Kier molecular flexibility index (Phi) is 5.56. The standard InChI is InChI=1S/C24H35NO2/c1-6-9-18-10-7-11-19(16-18)25-20-17-22(2,3)13-8-14-23(4,26)21-12-15-24(20,5)27-21/h6-8,10-11,13,16,20-21,25-26H,1,9,12,14-15,17H2,2-5H3/b13-8+/t20-,21?,23+,24-/m0/s1. The van der Waals surface area contributed by atoms with Crippen LogP contribution in [0.4, 0.5) is 5.69 Å². The molecule has 3 heteroatoms. The van der Waals surface area contributed by atoms with Crippen molar-refractivity contribution >= 4 is 5.69 Å². The Bertz CT molecular complexity index is 706. The normalized spacial score (nSPS) is 36.8. The van der Waals surface area contributed by atoms with E-state index < -0.39 is 5.60 Å². The first kappa shape index (κ1) is 20.2. The zero-order valence-corrected chi connectivity index (χ0v) is 17.3. The number of benzene rings is 1. The number of nitrogens with one attached hydrogen (secondary N) is 1. The van der Waals surface area contributed by atoms with Gasteiger partial charge in [-0.25, -0.2) is 0 Å². The molecular formula is C24H35NO2. The molecule has 0 aromatic heterocycles. The monoisotopic (exact) mass is 369 g/mol. The molecule has 1 aromatic rings. The minimum absolute atomic E-state index is 0.0221. The van der Waals surface area contributed by atoms with Crippen LogP contribution in [0.25, 0.3) is 0 Å². The number of hydrogen-bond acceptors (Lipinski definition) is 3. The van der Waals surface area contributed by atoms with Gasteiger partial charge in [-0.15, -0.1) is 6.58 Å². The summed E-state index contributed by atoms with van der Waals surface area (Å²) in [7, 11) is 0. The maximum absolute atomic E-state index is 10.9. The van der Waals surface area contributed by atoms with Gasteiger partial charge >= 0.3 is 0 Å². The lowest BCUT2D eigenvalue weighted by Crippen LogP contribution is -2.49. The lowest BCUT2D eigenvalue weighted by molar-refractivity contribution is -0.130. The van der Waals surface area contributed by atoms with Crippen LogP contribution in [0.5, 0.6) is 0 Å². The van der Waals surface area contributed by atoms with E-state index in [1.54, 1.807) is 0 Å². The Labute approximate surface area is 164 Å². The molecule has 0 spiro atoms. The van der Waals surface area contributed by atoms with E-state index in [9.17, 15) is 5.11 Å². The molecule has 1 saturated heterocycles. The van der Waals surface area contributed by atoms with E-state index >= 15 is 0 Å². The number of rotatable bonds is 4. The molecule has 0 amide bonds. The number of aliphatic hydroxyl groups is 1. The molecular weight excluding hydrogens is 334 g/mol. The summed E-state index contributed by atoms with van der Waals surface area (Å²) in [6, 6.07) is 8.72. The Balaban J connectivity index is 1.91. The van der Waals surface area contributed by atoms with Crippen LogP contribution in [0.1, 0.15) is 58.9 Å². The van der Waals surface area contributed by atoms with Crippen molar-refractivity contribution in [2.45, 2.75) is 83.1 Å². The first-order valence-electron chi connectivity index (χ1n) is 10.2. The van der Waals surface area contributed by atoms with Gasteiger partial charge in [-0.05, 0) is 69.1 Å². The van der Waals surface area contributed by atoms with Crippen molar-refractivity contribution in [1.29, 1.82) is 0 Å². The fourth-order valence-corrected chi connectivity index (χ4v) is 4.47. The Hall–Kier alpha value is -1.58. The summed E-state index contributed by atoms with van der Waals surface area (Å²) in [5.41, 5.74) is 1.28. The number of ether oxygens (including phenoxy) is 1. The third-order valence-corrected chi connectivity index (χ3v) is 6.22. The van der Waals surface area contributed by atoms with Gasteiger partial charge in [-0.3, -0.25) is 0 Å². The molecule has 148 valence electrons. The van der Waals surface area contributed by atoms with Crippen molar-refractivity contribution < 1.29 is 9.84 Å². The molecule has 2 aliphatic rings.